The maximum Gasteiger partial charge on any atom is 0.162 e. The maximum absolute atomic E-state index is 5.88. The van der Waals surface area contributed by atoms with Crippen molar-refractivity contribution >= 4 is 11.6 Å². The average molecular weight is 249 g/mol. The summed E-state index contributed by atoms with van der Waals surface area (Å²) < 4.78 is 10.9. The zero-order valence-corrected chi connectivity index (χ0v) is 10.3. The van der Waals surface area contributed by atoms with Crippen molar-refractivity contribution in [2.45, 2.75) is 6.61 Å². The first-order valence-corrected chi connectivity index (χ1v) is 5.67. The van der Waals surface area contributed by atoms with E-state index in [1.54, 1.807) is 19.2 Å². The number of rotatable bonds is 4. The normalized spacial score (nSPS) is 10.0. The Bertz CT molecular complexity index is 483. The van der Waals surface area contributed by atoms with Gasteiger partial charge in [0.25, 0.3) is 0 Å². The Kier molecular flexibility index (Phi) is 3.89. The molecular formula is C14H13ClO2. The van der Waals surface area contributed by atoms with Gasteiger partial charge in [0.05, 0.1) is 7.11 Å². The van der Waals surface area contributed by atoms with Crippen LogP contribution < -0.4 is 9.47 Å². The van der Waals surface area contributed by atoms with Crippen molar-refractivity contribution < 1.29 is 9.47 Å². The molecule has 2 rings (SSSR count). The van der Waals surface area contributed by atoms with Gasteiger partial charge in [-0.1, -0.05) is 41.9 Å². The van der Waals surface area contributed by atoms with E-state index in [1.165, 1.54) is 0 Å². The van der Waals surface area contributed by atoms with Gasteiger partial charge in [0.15, 0.2) is 11.5 Å². The van der Waals surface area contributed by atoms with E-state index in [2.05, 4.69) is 0 Å². The molecule has 17 heavy (non-hydrogen) atoms. The molecular weight excluding hydrogens is 236 g/mol. The summed E-state index contributed by atoms with van der Waals surface area (Å²) >= 11 is 5.88. The van der Waals surface area contributed by atoms with Crippen molar-refractivity contribution in [3.05, 3.63) is 59.1 Å². The number of benzene rings is 2. The Morgan fingerprint density at radius 1 is 1.00 bits per heavy atom. The van der Waals surface area contributed by atoms with E-state index in [9.17, 15) is 0 Å². The van der Waals surface area contributed by atoms with Gasteiger partial charge in [0.2, 0.25) is 0 Å². The Balaban J connectivity index is 2.09. The zero-order valence-electron chi connectivity index (χ0n) is 9.52. The second kappa shape index (κ2) is 5.60. The summed E-state index contributed by atoms with van der Waals surface area (Å²) in [6, 6.07) is 15.3. The number of methoxy groups -OCH3 is 1. The molecule has 0 N–H and O–H groups in total. The Morgan fingerprint density at radius 2 is 1.76 bits per heavy atom. The first-order valence-electron chi connectivity index (χ1n) is 5.30. The molecule has 2 nitrogen and oxygen atoms in total. The molecule has 0 fully saturated rings. The van der Waals surface area contributed by atoms with Gasteiger partial charge in [-0.3, -0.25) is 0 Å². The molecule has 0 atom stereocenters. The van der Waals surface area contributed by atoms with Gasteiger partial charge < -0.3 is 9.47 Å². The highest BCUT2D eigenvalue weighted by Crippen LogP contribution is 2.30. The lowest BCUT2D eigenvalue weighted by Crippen LogP contribution is -1.97. The van der Waals surface area contributed by atoms with Crippen LogP contribution in [0.1, 0.15) is 5.56 Å². The summed E-state index contributed by atoms with van der Waals surface area (Å²) in [5.74, 6) is 1.34. The molecule has 2 aromatic rings. The van der Waals surface area contributed by atoms with Crippen LogP contribution in [-0.4, -0.2) is 7.11 Å². The SMILES string of the molecule is COc1cc(Cl)ccc1OCc1ccccc1. The summed E-state index contributed by atoms with van der Waals surface area (Å²) in [5.41, 5.74) is 1.12. The van der Waals surface area contributed by atoms with Gasteiger partial charge in [-0.2, -0.15) is 0 Å². The van der Waals surface area contributed by atoms with Gasteiger partial charge in [-0.05, 0) is 17.7 Å². The number of ether oxygens (including phenoxy) is 2. The predicted octanol–water partition coefficient (Wildman–Crippen LogP) is 3.93. The van der Waals surface area contributed by atoms with Crippen molar-refractivity contribution in [1.29, 1.82) is 0 Å². The molecule has 0 aliphatic rings. The zero-order chi connectivity index (χ0) is 12.1. The molecule has 2 aromatic carbocycles. The van der Waals surface area contributed by atoms with Crippen LogP contribution in [0, 0.1) is 0 Å². The Morgan fingerprint density at radius 3 is 2.47 bits per heavy atom. The van der Waals surface area contributed by atoms with E-state index in [0.29, 0.717) is 23.1 Å². The summed E-state index contributed by atoms with van der Waals surface area (Å²) in [6.07, 6.45) is 0. The monoisotopic (exact) mass is 248 g/mol. The number of hydrogen-bond acceptors (Lipinski definition) is 2. The standard InChI is InChI=1S/C14H13ClO2/c1-16-14-9-12(15)7-8-13(14)17-10-11-5-3-2-4-6-11/h2-9H,10H2,1H3. The maximum atomic E-state index is 5.88. The van der Waals surface area contributed by atoms with Crippen LogP contribution in [0.3, 0.4) is 0 Å². The van der Waals surface area contributed by atoms with Crippen molar-refractivity contribution in [2.24, 2.45) is 0 Å². The second-order valence-corrected chi connectivity index (χ2v) is 4.01. The van der Waals surface area contributed by atoms with Gasteiger partial charge in [0, 0.05) is 11.1 Å². The molecule has 3 heteroatoms. The van der Waals surface area contributed by atoms with E-state index in [4.69, 9.17) is 21.1 Å². The fraction of sp³-hybridized carbons (Fsp3) is 0.143. The minimum Gasteiger partial charge on any atom is -0.493 e. The van der Waals surface area contributed by atoms with Crippen molar-refractivity contribution in [3.8, 4) is 11.5 Å². The predicted molar refractivity (Wildman–Crippen MR) is 68.8 cm³/mol. The van der Waals surface area contributed by atoms with E-state index < -0.39 is 0 Å². The molecule has 0 heterocycles. The van der Waals surface area contributed by atoms with Crippen LogP contribution in [0.2, 0.25) is 5.02 Å². The van der Waals surface area contributed by atoms with Gasteiger partial charge >= 0.3 is 0 Å². The Hall–Kier alpha value is -1.67. The smallest absolute Gasteiger partial charge is 0.162 e. The summed E-state index contributed by atoms with van der Waals surface area (Å²) in [7, 11) is 1.60. The second-order valence-electron chi connectivity index (χ2n) is 3.57. The molecule has 0 unspecified atom stereocenters. The van der Waals surface area contributed by atoms with Crippen molar-refractivity contribution in [3.63, 3.8) is 0 Å². The first-order chi connectivity index (χ1) is 8.29. The van der Waals surface area contributed by atoms with Crippen molar-refractivity contribution in [1.82, 2.24) is 0 Å². The van der Waals surface area contributed by atoms with Crippen LogP contribution in [-0.2, 0) is 6.61 Å². The van der Waals surface area contributed by atoms with Crippen LogP contribution in [0.25, 0.3) is 0 Å². The van der Waals surface area contributed by atoms with Gasteiger partial charge in [0.1, 0.15) is 6.61 Å². The average Bonchev–Trinajstić information content (AvgIpc) is 2.38. The number of halogens is 1. The molecule has 0 amide bonds. The van der Waals surface area contributed by atoms with Crippen molar-refractivity contribution in [2.75, 3.05) is 7.11 Å². The lowest BCUT2D eigenvalue weighted by atomic mass is 10.2. The van der Waals surface area contributed by atoms with Crippen LogP contribution in [0.15, 0.2) is 48.5 Å². The fourth-order valence-electron chi connectivity index (χ4n) is 1.50. The highest BCUT2D eigenvalue weighted by molar-refractivity contribution is 6.30. The third-order valence-corrected chi connectivity index (χ3v) is 2.60. The number of hydrogen-bond donors (Lipinski definition) is 0. The van der Waals surface area contributed by atoms with Crippen LogP contribution in [0.5, 0.6) is 11.5 Å². The molecule has 88 valence electrons. The lowest BCUT2D eigenvalue weighted by Gasteiger charge is -2.10. The molecule has 0 aliphatic heterocycles. The van der Waals surface area contributed by atoms with Gasteiger partial charge in [-0.15, -0.1) is 0 Å². The molecule has 0 aromatic heterocycles. The van der Waals surface area contributed by atoms with E-state index >= 15 is 0 Å². The third-order valence-electron chi connectivity index (χ3n) is 2.36. The largest absolute Gasteiger partial charge is 0.493 e. The van der Waals surface area contributed by atoms with E-state index in [-0.39, 0.29) is 0 Å². The fourth-order valence-corrected chi connectivity index (χ4v) is 1.66. The molecule has 0 aliphatic carbocycles. The van der Waals surface area contributed by atoms with Crippen LogP contribution >= 0.6 is 11.6 Å². The lowest BCUT2D eigenvalue weighted by molar-refractivity contribution is 0.284. The summed E-state index contributed by atoms with van der Waals surface area (Å²) in [4.78, 5) is 0. The molecule has 0 spiro atoms. The minimum atomic E-state index is 0.513. The molecule has 0 bridgehead atoms. The highest BCUT2D eigenvalue weighted by atomic mass is 35.5. The van der Waals surface area contributed by atoms with Gasteiger partial charge in [-0.25, -0.2) is 0 Å². The topological polar surface area (TPSA) is 18.5 Å². The third kappa shape index (κ3) is 3.14. The molecule has 0 saturated heterocycles. The van der Waals surface area contributed by atoms with E-state index in [0.717, 1.165) is 5.56 Å². The minimum absolute atomic E-state index is 0.513. The first kappa shape index (κ1) is 11.8. The summed E-state index contributed by atoms with van der Waals surface area (Å²) in [6.45, 7) is 0.513. The molecule has 0 saturated carbocycles. The summed E-state index contributed by atoms with van der Waals surface area (Å²) in [5, 5.41) is 0.633. The van der Waals surface area contributed by atoms with E-state index in [1.807, 2.05) is 36.4 Å². The highest BCUT2D eigenvalue weighted by Gasteiger charge is 2.04. The Labute approximate surface area is 106 Å². The molecule has 0 radical (unpaired) electrons. The van der Waals surface area contributed by atoms with Crippen LogP contribution in [0.4, 0.5) is 0 Å². The quantitative estimate of drug-likeness (QED) is 0.816.